The maximum atomic E-state index is 12.6. The highest BCUT2D eigenvalue weighted by Crippen LogP contribution is 2.25. The first-order valence-electron chi connectivity index (χ1n) is 9.66. The van der Waals surface area contributed by atoms with Crippen LogP contribution in [0.5, 0.6) is 11.5 Å². The molecule has 1 amide bonds. The molecule has 1 N–H and O–H groups in total. The van der Waals surface area contributed by atoms with Crippen molar-refractivity contribution in [3.05, 3.63) is 88.7 Å². The minimum absolute atomic E-state index is 0.243. The van der Waals surface area contributed by atoms with E-state index in [1.807, 2.05) is 12.1 Å². The van der Waals surface area contributed by atoms with Crippen molar-refractivity contribution in [2.75, 3.05) is 20.3 Å². The van der Waals surface area contributed by atoms with Gasteiger partial charge in [0, 0.05) is 5.56 Å². The predicted molar refractivity (Wildman–Crippen MR) is 116 cm³/mol. The third kappa shape index (κ3) is 4.37. The second-order valence-electron chi connectivity index (χ2n) is 6.63. The third-order valence-electron chi connectivity index (χ3n) is 4.66. The molecule has 0 aliphatic heterocycles. The molecule has 4 aromatic rings. The van der Waals surface area contributed by atoms with Crippen LogP contribution in [0.4, 0.5) is 0 Å². The van der Waals surface area contributed by atoms with E-state index in [-0.39, 0.29) is 11.5 Å². The summed E-state index contributed by atoms with van der Waals surface area (Å²) in [7, 11) is 1.57. The number of aromatic nitrogens is 3. The molecule has 4 rings (SSSR count). The normalized spacial score (nSPS) is 10.6. The Labute approximate surface area is 178 Å². The molecule has 8 heteroatoms. The molecule has 0 aliphatic carbocycles. The van der Waals surface area contributed by atoms with Crippen molar-refractivity contribution >= 4 is 16.8 Å². The number of para-hydroxylation sites is 2. The summed E-state index contributed by atoms with van der Waals surface area (Å²) in [6.07, 6.45) is 0. The van der Waals surface area contributed by atoms with E-state index in [1.54, 1.807) is 67.8 Å². The average molecular weight is 416 g/mol. The van der Waals surface area contributed by atoms with Crippen molar-refractivity contribution < 1.29 is 14.3 Å². The molecule has 3 aromatic carbocycles. The van der Waals surface area contributed by atoms with Crippen LogP contribution in [0.2, 0.25) is 0 Å². The lowest BCUT2D eigenvalue weighted by Crippen LogP contribution is -2.28. The van der Waals surface area contributed by atoms with Crippen LogP contribution in [0, 0.1) is 0 Å². The summed E-state index contributed by atoms with van der Waals surface area (Å²) in [5.74, 6) is 1.01. The zero-order valence-electron chi connectivity index (χ0n) is 16.8. The number of amides is 1. The lowest BCUT2D eigenvalue weighted by atomic mass is 10.2. The van der Waals surface area contributed by atoms with Crippen LogP contribution >= 0.6 is 0 Å². The van der Waals surface area contributed by atoms with Crippen LogP contribution in [-0.4, -0.2) is 41.2 Å². The lowest BCUT2D eigenvalue weighted by Gasteiger charge is -2.11. The Bertz CT molecular complexity index is 1270. The summed E-state index contributed by atoms with van der Waals surface area (Å²) in [4.78, 5) is 25.0. The van der Waals surface area contributed by atoms with Crippen LogP contribution in [-0.2, 0) is 0 Å². The first-order chi connectivity index (χ1) is 15.2. The maximum Gasteiger partial charge on any atom is 0.282 e. The average Bonchev–Trinajstić information content (AvgIpc) is 2.82. The van der Waals surface area contributed by atoms with Crippen LogP contribution in [0.3, 0.4) is 0 Å². The Kier molecular flexibility index (Phi) is 5.89. The van der Waals surface area contributed by atoms with Gasteiger partial charge in [0.15, 0.2) is 11.5 Å². The van der Waals surface area contributed by atoms with Crippen molar-refractivity contribution in [1.82, 2.24) is 20.3 Å². The summed E-state index contributed by atoms with van der Waals surface area (Å²) >= 11 is 0. The summed E-state index contributed by atoms with van der Waals surface area (Å²) in [6.45, 7) is 0.626. The van der Waals surface area contributed by atoms with Crippen LogP contribution in [0.15, 0.2) is 77.6 Å². The molecule has 0 unspecified atom stereocenters. The number of hydrogen-bond donors (Lipinski definition) is 1. The number of fused-ring (bicyclic) bond motifs is 1. The van der Waals surface area contributed by atoms with Gasteiger partial charge in [0.25, 0.3) is 11.5 Å². The zero-order valence-corrected chi connectivity index (χ0v) is 16.8. The minimum Gasteiger partial charge on any atom is -0.493 e. The molecule has 0 spiro atoms. The molecule has 0 bridgehead atoms. The summed E-state index contributed by atoms with van der Waals surface area (Å²) in [5, 5.41) is 11.3. The summed E-state index contributed by atoms with van der Waals surface area (Å²) < 4.78 is 12.1. The van der Waals surface area contributed by atoms with E-state index in [0.29, 0.717) is 46.8 Å². The molecular weight excluding hydrogens is 396 g/mol. The smallest absolute Gasteiger partial charge is 0.282 e. The van der Waals surface area contributed by atoms with Gasteiger partial charge in [-0.1, -0.05) is 29.5 Å². The number of carbonyl (C=O) groups is 1. The molecule has 0 aliphatic rings. The fourth-order valence-corrected chi connectivity index (χ4v) is 3.08. The molecule has 8 nitrogen and oxygen atoms in total. The fraction of sp³-hybridized carbons (Fsp3) is 0.130. The first kappa shape index (κ1) is 20.1. The highest BCUT2D eigenvalue weighted by Gasteiger charge is 2.10. The number of benzene rings is 3. The molecule has 1 aromatic heterocycles. The van der Waals surface area contributed by atoms with Gasteiger partial charge in [-0.15, -0.1) is 5.10 Å². The Hall–Kier alpha value is -4.20. The molecule has 0 saturated carbocycles. The summed E-state index contributed by atoms with van der Waals surface area (Å²) in [5.41, 5.74) is 1.26. The van der Waals surface area contributed by atoms with Gasteiger partial charge in [-0.2, -0.15) is 4.68 Å². The second kappa shape index (κ2) is 9.08. The van der Waals surface area contributed by atoms with Crippen molar-refractivity contribution in [3.8, 4) is 17.2 Å². The Morgan fingerprint density at radius 1 is 0.968 bits per heavy atom. The quantitative estimate of drug-likeness (QED) is 0.466. The Balaban J connectivity index is 1.38. The molecule has 156 valence electrons. The van der Waals surface area contributed by atoms with Gasteiger partial charge in [-0.25, -0.2) is 0 Å². The fourth-order valence-electron chi connectivity index (χ4n) is 3.08. The SMILES string of the molecule is COc1ccccc1OCCNC(=O)c1ccc(-n2nnc3ccccc3c2=O)cc1. The van der Waals surface area contributed by atoms with Gasteiger partial charge >= 0.3 is 0 Å². The maximum absolute atomic E-state index is 12.6. The third-order valence-corrected chi connectivity index (χ3v) is 4.66. The minimum atomic E-state index is -0.267. The highest BCUT2D eigenvalue weighted by molar-refractivity contribution is 5.94. The molecule has 0 fully saturated rings. The van der Waals surface area contributed by atoms with E-state index in [4.69, 9.17) is 9.47 Å². The molecular formula is C23H20N4O4. The van der Waals surface area contributed by atoms with E-state index in [9.17, 15) is 9.59 Å². The van der Waals surface area contributed by atoms with Gasteiger partial charge < -0.3 is 14.8 Å². The Morgan fingerprint density at radius 3 is 2.45 bits per heavy atom. The van der Waals surface area contributed by atoms with Crippen molar-refractivity contribution in [1.29, 1.82) is 0 Å². The molecule has 0 atom stereocenters. The molecule has 0 saturated heterocycles. The highest BCUT2D eigenvalue weighted by atomic mass is 16.5. The lowest BCUT2D eigenvalue weighted by molar-refractivity contribution is 0.0947. The van der Waals surface area contributed by atoms with E-state index < -0.39 is 0 Å². The number of rotatable bonds is 7. The molecule has 31 heavy (non-hydrogen) atoms. The number of nitrogens with one attached hydrogen (secondary N) is 1. The summed E-state index contributed by atoms with van der Waals surface area (Å²) in [6, 6.07) is 20.9. The monoisotopic (exact) mass is 416 g/mol. The number of hydrogen-bond acceptors (Lipinski definition) is 6. The number of methoxy groups -OCH3 is 1. The van der Waals surface area contributed by atoms with E-state index in [0.717, 1.165) is 0 Å². The van der Waals surface area contributed by atoms with Gasteiger partial charge in [0.05, 0.1) is 24.7 Å². The van der Waals surface area contributed by atoms with Gasteiger partial charge in [-0.3, -0.25) is 9.59 Å². The molecule has 0 radical (unpaired) electrons. The zero-order chi connectivity index (χ0) is 21.6. The van der Waals surface area contributed by atoms with Crippen molar-refractivity contribution in [2.45, 2.75) is 0 Å². The van der Waals surface area contributed by atoms with E-state index in [2.05, 4.69) is 15.6 Å². The van der Waals surface area contributed by atoms with Crippen LogP contribution < -0.4 is 20.3 Å². The number of carbonyl (C=O) groups excluding carboxylic acids is 1. The standard InChI is InChI=1S/C23H20N4O4/c1-30-20-8-4-5-9-21(20)31-15-14-24-22(28)16-10-12-17(13-11-16)27-23(29)18-6-2-3-7-19(18)25-26-27/h2-13H,14-15H2,1H3,(H,24,28). The van der Waals surface area contributed by atoms with E-state index >= 15 is 0 Å². The second-order valence-corrected chi connectivity index (χ2v) is 6.63. The van der Waals surface area contributed by atoms with Gasteiger partial charge in [-0.05, 0) is 48.5 Å². The van der Waals surface area contributed by atoms with Gasteiger partial charge in [0.1, 0.15) is 12.1 Å². The largest absolute Gasteiger partial charge is 0.493 e. The number of ether oxygens (including phenoxy) is 2. The topological polar surface area (TPSA) is 95.3 Å². The number of nitrogens with zero attached hydrogens (tertiary/aromatic N) is 3. The predicted octanol–water partition coefficient (Wildman–Crippen LogP) is 2.60. The van der Waals surface area contributed by atoms with Crippen LogP contribution in [0.25, 0.3) is 16.6 Å². The first-order valence-corrected chi connectivity index (χ1v) is 9.66. The Morgan fingerprint density at radius 2 is 1.68 bits per heavy atom. The van der Waals surface area contributed by atoms with Crippen molar-refractivity contribution in [2.24, 2.45) is 0 Å². The molecule has 1 heterocycles. The van der Waals surface area contributed by atoms with Crippen LogP contribution in [0.1, 0.15) is 10.4 Å². The van der Waals surface area contributed by atoms with E-state index in [1.165, 1.54) is 4.68 Å². The van der Waals surface area contributed by atoms with Crippen molar-refractivity contribution in [3.63, 3.8) is 0 Å². The van der Waals surface area contributed by atoms with Gasteiger partial charge in [0.2, 0.25) is 0 Å².